The van der Waals surface area contributed by atoms with Crippen molar-refractivity contribution in [2.45, 2.75) is 42.9 Å². The summed E-state index contributed by atoms with van der Waals surface area (Å²) in [7, 11) is 3.45. The van der Waals surface area contributed by atoms with Gasteiger partial charge in [0.25, 0.3) is 0 Å². The molecule has 0 bridgehead atoms. The highest BCUT2D eigenvalue weighted by molar-refractivity contribution is 8.00. The molecule has 1 aromatic carbocycles. The highest BCUT2D eigenvalue weighted by atomic mass is 32.2. The van der Waals surface area contributed by atoms with Crippen LogP contribution >= 0.6 is 11.8 Å². The Kier molecular flexibility index (Phi) is 7.05. The Bertz CT molecular complexity index is 467. The predicted octanol–water partition coefficient (Wildman–Crippen LogP) is 3.11. The summed E-state index contributed by atoms with van der Waals surface area (Å²) in [6, 6.07) is 7.94. The van der Waals surface area contributed by atoms with E-state index >= 15 is 0 Å². The van der Waals surface area contributed by atoms with E-state index in [4.69, 9.17) is 9.47 Å². The van der Waals surface area contributed by atoms with Gasteiger partial charge in [-0.2, -0.15) is 0 Å². The summed E-state index contributed by atoms with van der Waals surface area (Å²) in [5, 5.41) is 3.35. The van der Waals surface area contributed by atoms with Crippen LogP contribution in [0, 0.1) is 0 Å². The van der Waals surface area contributed by atoms with Gasteiger partial charge in [-0.1, -0.05) is 13.0 Å². The lowest BCUT2D eigenvalue weighted by molar-refractivity contribution is -0.150. The molecule has 0 saturated carbocycles. The topological polar surface area (TPSA) is 47.6 Å². The Morgan fingerprint density at radius 2 is 2.19 bits per heavy atom. The summed E-state index contributed by atoms with van der Waals surface area (Å²) in [5.74, 6) is 0.638. The number of nitrogens with one attached hydrogen (secondary N) is 1. The smallest absolute Gasteiger partial charge is 0.326 e. The molecule has 0 saturated heterocycles. The second kappa shape index (κ2) is 8.29. The average molecular weight is 311 g/mol. The zero-order valence-corrected chi connectivity index (χ0v) is 14.3. The van der Waals surface area contributed by atoms with Gasteiger partial charge in [0.15, 0.2) is 0 Å². The highest BCUT2D eigenvalue weighted by Crippen LogP contribution is 2.31. The Balaban J connectivity index is 2.69. The molecule has 0 spiro atoms. The van der Waals surface area contributed by atoms with E-state index in [0.29, 0.717) is 13.0 Å². The first kappa shape index (κ1) is 17.9. The van der Waals surface area contributed by atoms with Crippen molar-refractivity contribution in [1.29, 1.82) is 0 Å². The van der Waals surface area contributed by atoms with E-state index in [1.165, 1.54) is 0 Å². The number of thioether (sulfide) groups is 1. The molecular weight excluding hydrogens is 286 g/mol. The van der Waals surface area contributed by atoms with Gasteiger partial charge in [0.1, 0.15) is 11.3 Å². The molecule has 4 nitrogen and oxygen atoms in total. The Morgan fingerprint density at radius 3 is 2.76 bits per heavy atom. The predicted molar refractivity (Wildman–Crippen MR) is 87.0 cm³/mol. The molecule has 0 heterocycles. The van der Waals surface area contributed by atoms with Gasteiger partial charge in [-0.15, -0.1) is 11.8 Å². The normalized spacial score (nSPS) is 15.1. The number of rotatable bonds is 8. The van der Waals surface area contributed by atoms with Crippen molar-refractivity contribution in [2.75, 3.05) is 20.8 Å². The van der Waals surface area contributed by atoms with E-state index in [0.717, 1.165) is 10.6 Å². The first-order valence-corrected chi connectivity index (χ1v) is 8.00. The van der Waals surface area contributed by atoms with Crippen LogP contribution in [0.5, 0.6) is 5.75 Å². The molecule has 1 N–H and O–H groups in total. The molecular formula is C16H25NO3S. The molecule has 0 radical (unpaired) electrons. The lowest BCUT2D eigenvalue weighted by Crippen LogP contribution is -2.50. The highest BCUT2D eigenvalue weighted by Gasteiger charge is 2.34. The number of esters is 1. The number of carbonyl (C=O) groups excluding carboxylic acids is 1. The number of hydrogen-bond acceptors (Lipinski definition) is 5. The van der Waals surface area contributed by atoms with Crippen molar-refractivity contribution >= 4 is 17.7 Å². The molecule has 0 aromatic heterocycles. The van der Waals surface area contributed by atoms with Gasteiger partial charge in [0, 0.05) is 10.1 Å². The van der Waals surface area contributed by atoms with Crippen LogP contribution in [0.15, 0.2) is 29.2 Å². The molecule has 5 heteroatoms. The van der Waals surface area contributed by atoms with Gasteiger partial charge >= 0.3 is 5.97 Å². The fourth-order valence-corrected chi connectivity index (χ4v) is 3.32. The molecule has 0 amide bonds. The lowest BCUT2D eigenvalue weighted by atomic mass is 9.96. The second-order valence-corrected chi connectivity index (χ2v) is 6.63. The minimum atomic E-state index is -0.665. The van der Waals surface area contributed by atoms with Gasteiger partial charge in [0.2, 0.25) is 0 Å². The number of carbonyl (C=O) groups is 1. The van der Waals surface area contributed by atoms with Crippen LogP contribution in [-0.4, -0.2) is 37.5 Å². The molecule has 1 aromatic rings. The first-order chi connectivity index (χ1) is 9.95. The van der Waals surface area contributed by atoms with Crippen LogP contribution in [-0.2, 0) is 9.53 Å². The SMILES string of the molecule is CCOC(=O)C(C)(CC(C)Sc1cccc(OC)c1)NC. The molecule has 0 aliphatic carbocycles. The average Bonchev–Trinajstić information content (AvgIpc) is 2.47. The number of benzene rings is 1. The standard InChI is InChI=1S/C16H25NO3S/c1-6-20-15(18)16(3,17-4)11-12(2)21-14-9-7-8-13(10-14)19-5/h7-10,12,17H,6,11H2,1-5H3. The monoisotopic (exact) mass is 311 g/mol. The molecule has 0 fully saturated rings. The van der Waals surface area contributed by atoms with E-state index < -0.39 is 5.54 Å². The molecule has 1 rings (SSSR count). The van der Waals surface area contributed by atoms with Gasteiger partial charge in [-0.25, -0.2) is 0 Å². The van der Waals surface area contributed by atoms with Gasteiger partial charge in [-0.05, 0) is 45.5 Å². The lowest BCUT2D eigenvalue weighted by Gasteiger charge is -2.29. The maximum Gasteiger partial charge on any atom is 0.326 e. The first-order valence-electron chi connectivity index (χ1n) is 7.12. The maximum absolute atomic E-state index is 12.1. The number of likely N-dealkylation sites (N-methyl/N-ethyl adjacent to an activating group) is 1. The van der Waals surface area contributed by atoms with Crippen molar-refractivity contribution in [3.63, 3.8) is 0 Å². The maximum atomic E-state index is 12.1. The molecule has 0 aliphatic rings. The molecule has 118 valence electrons. The van der Waals surface area contributed by atoms with E-state index in [-0.39, 0.29) is 11.2 Å². The third-order valence-electron chi connectivity index (χ3n) is 3.35. The summed E-state index contributed by atoms with van der Waals surface area (Å²) < 4.78 is 10.4. The van der Waals surface area contributed by atoms with Crippen LogP contribution < -0.4 is 10.1 Å². The minimum absolute atomic E-state index is 0.203. The van der Waals surface area contributed by atoms with E-state index in [9.17, 15) is 4.79 Å². The molecule has 2 unspecified atom stereocenters. The van der Waals surface area contributed by atoms with Gasteiger partial charge in [0.05, 0.1) is 13.7 Å². The van der Waals surface area contributed by atoms with E-state index in [2.05, 4.69) is 12.2 Å². The van der Waals surface area contributed by atoms with E-state index in [1.54, 1.807) is 25.9 Å². The zero-order chi connectivity index (χ0) is 15.9. The van der Waals surface area contributed by atoms with Crippen molar-refractivity contribution < 1.29 is 14.3 Å². The van der Waals surface area contributed by atoms with Crippen LogP contribution in [0.2, 0.25) is 0 Å². The quantitative estimate of drug-likeness (QED) is 0.590. The Hall–Kier alpha value is -1.20. The van der Waals surface area contributed by atoms with Crippen molar-refractivity contribution in [3.05, 3.63) is 24.3 Å². The fraction of sp³-hybridized carbons (Fsp3) is 0.562. The number of ether oxygens (including phenoxy) is 2. The van der Waals surface area contributed by atoms with E-state index in [1.807, 2.05) is 38.1 Å². The van der Waals surface area contributed by atoms with Crippen molar-refractivity contribution in [1.82, 2.24) is 5.32 Å². The second-order valence-electron chi connectivity index (χ2n) is 5.11. The zero-order valence-electron chi connectivity index (χ0n) is 13.4. The summed E-state index contributed by atoms with van der Waals surface area (Å²) in [4.78, 5) is 13.2. The Labute approximate surface area is 131 Å². The van der Waals surface area contributed by atoms with Crippen LogP contribution in [0.4, 0.5) is 0 Å². The number of hydrogen-bond donors (Lipinski definition) is 1. The summed E-state index contributed by atoms with van der Waals surface area (Å²) in [6.07, 6.45) is 0.685. The van der Waals surface area contributed by atoms with Gasteiger partial charge < -0.3 is 14.8 Å². The van der Waals surface area contributed by atoms with Crippen LogP contribution in [0.25, 0.3) is 0 Å². The van der Waals surface area contributed by atoms with Crippen molar-refractivity contribution in [3.8, 4) is 5.75 Å². The number of methoxy groups -OCH3 is 1. The molecule has 0 aliphatic heterocycles. The summed E-state index contributed by atoms with van der Waals surface area (Å²) >= 11 is 1.72. The Morgan fingerprint density at radius 1 is 1.48 bits per heavy atom. The fourth-order valence-electron chi connectivity index (χ4n) is 2.10. The van der Waals surface area contributed by atoms with Crippen molar-refractivity contribution in [2.24, 2.45) is 0 Å². The largest absolute Gasteiger partial charge is 0.497 e. The van der Waals surface area contributed by atoms with Crippen LogP contribution in [0.3, 0.4) is 0 Å². The molecule has 2 atom stereocenters. The summed E-state index contributed by atoms with van der Waals surface area (Å²) in [6.45, 7) is 6.21. The third kappa shape index (κ3) is 5.25. The minimum Gasteiger partial charge on any atom is -0.497 e. The van der Waals surface area contributed by atoms with Gasteiger partial charge in [-0.3, -0.25) is 4.79 Å². The third-order valence-corrected chi connectivity index (χ3v) is 4.45. The summed E-state index contributed by atoms with van der Waals surface area (Å²) in [5.41, 5.74) is -0.665. The van der Waals surface area contributed by atoms with Crippen LogP contribution in [0.1, 0.15) is 27.2 Å². The molecule has 21 heavy (non-hydrogen) atoms.